The fraction of sp³-hybridized carbons (Fsp3) is 0.455. The zero-order chi connectivity index (χ0) is 12.0. The van der Waals surface area contributed by atoms with Crippen molar-refractivity contribution in [3.8, 4) is 5.75 Å². The Morgan fingerprint density at radius 2 is 2.31 bits per heavy atom. The van der Waals surface area contributed by atoms with Crippen LogP contribution in [0.5, 0.6) is 5.75 Å². The second-order valence-electron chi connectivity index (χ2n) is 3.34. The molecule has 1 rings (SSSR count). The third-order valence-electron chi connectivity index (χ3n) is 1.97. The standard InChI is InChI=1S/C11H15BrClNOS/c1-8(7-14)16-5-4-15-11-3-2-9(13)6-10(11)12/h2-3,6,8H,4-5,7,14H2,1H3. The van der Waals surface area contributed by atoms with Crippen LogP contribution in [0.1, 0.15) is 6.92 Å². The Labute approximate surface area is 114 Å². The molecule has 0 amide bonds. The summed E-state index contributed by atoms with van der Waals surface area (Å²) in [4.78, 5) is 0. The minimum Gasteiger partial charge on any atom is -0.492 e. The largest absolute Gasteiger partial charge is 0.492 e. The van der Waals surface area contributed by atoms with E-state index in [1.165, 1.54) is 0 Å². The van der Waals surface area contributed by atoms with E-state index < -0.39 is 0 Å². The van der Waals surface area contributed by atoms with Crippen molar-refractivity contribution in [2.24, 2.45) is 5.73 Å². The summed E-state index contributed by atoms with van der Waals surface area (Å²) in [5.74, 6) is 1.76. The predicted octanol–water partition coefficient (Wildman–Crippen LogP) is 3.56. The third kappa shape index (κ3) is 4.95. The van der Waals surface area contributed by atoms with Gasteiger partial charge in [0.15, 0.2) is 0 Å². The summed E-state index contributed by atoms with van der Waals surface area (Å²) in [5, 5.41) is 1.18. The van der Waals surface area contributed by atoms with Gasteiger partial charge in [0.1, 0.15) is 5.75 Å². The summed E-state index contributed by atoms with van der Waals surface area (Å²) in [6, 6.07) is 5.51. The highest BCUT2D eigenvalue weighted by Crippen LogP contribution is 2.28. The van der Waals surface area contributed by atoms with E-state index in [2.05, 4.69) is 22.9 Å². The number of hydrogen-bond acceptors (Lipinski definition) is 3. The zero-order valence-corrected chi connectivity index (χ0v) is 12.2. The average Bonchev–Trinajstić information content (AvgIpc) is 2.26. The Morgan fingerprint density at radius 3 is 2.94 bits per heavy atom. The zero-order valence-electron chi connectivity index (χ0n) is 9.08. The van der Waals surface area contributed by atoms with Gasteiger partial charge in [0.2, 0.25) is 0 Å². The van der Waals surface area contributed by atoms with E-state index >= 15 is 0 Å². The average molecular weight is 325 g/mol. The van der Waals surface area contributed by atoms with Gasteiger partial charge in [0.25, 0.3) is 0 Å². The molecule has 0 fully saturated rings. The topological polar surface area (TPSA) is 35.2 Å². The van der Waals surface area contributed by atoms with Crippen LogP contribution in [0.25, 0.3) is 0 Å². The molecule has 0 aromatic heterocycles. The molecule has 1 atom stereocenters. The fourth-order valence-corrected chi connectivity index (χ4v) is 2.58. The first-order valence-electron chi connectivity index (χ1n) is 5.03. The van der Waals surface area contributed by atoms with Gasteiger partial charge in [-0.05, 0) is 34.1 Å². The first kappa shape index (κ1) is 14.2. The highest BCUT2D eigenvalue weighted by molar-refractivity contribution is 9.10. The number of thioether (sulfide) groups is 1. The lowest BCUT2D eigenvalue weighted by molar-refractivity contribution is 0.341. The van der Waals surface area contributed by atoms with Gasteiger partial charge in [-0.25, -0.2) is 0 Å². The molecule has 0 bridgehead atoms. The molecule has 1 aromatic carbocycles. The highest BCUT2D eigenvalue weighted by atomic mass is 79.9. The van der Waals surface area contributed by atoms with Crippen molar-refractivity contribution in [3.05, 3.63) is 27.7 Å². The van der Waals surface area contributed by atoms with E-state index in [1.54, 1.807) is 0 Å². The van der Waals surface area contributed by atoms with Crippen LogP contribution in [0, 0.1) is 0 Å². The van der Waals surface area contributed by atoms with Crippen molar-refractivity contribution in [1.29, 1.82) is 0 Å². The van der Waals surface area contributed by atoms with Gasteiger partial charge in [0.05, 0.1) is 11.1 Å². The lowest BCUT2D eigenvalue weighted by Gasteiger charge is -2.10. The van der Waals surface area contributed by atoms with Crippen LogP contribution in [0.4, 0.5) is 0 Å². The van der Waals surface area contributed by atoms with Gasteiger partial charge in [-0.1, -0.05) is 18.5 Å². The molecule has 0 saturated carbocycles. The molecule has 5 heteroatoms. The molecule has 0 saturated heterocycles. The predicted molar refractivity (Wildman–Crippen MR) is 75.6 cm³/mol. The van der Waals surface area contributed by atoms with Gasteiger partial charge in [0, 0.05) is 22.6 Å². The molecule has 0 aliphatic heterocycles. The number of rotatable bonds is 6. The normalized spacial score (nSPS) is 12.5. The second kappa shape index (κ2) is 7.43. The van der Waals surface area contributed by atoms with E-state index in [-0.39, 0.29) is 0 Å². The quantitative estimate of drug-likeness (QED) is 0.813. The van der Waals surface area contributed by atoms with Crippen LogP contribution in [-0.2, 0) is 0 Å². The molecule has 0 aliphatic carbocycles. The lowest BCUT2D eigenvalue weighted by Crippen LogP contribution is -2.14. The van der Waals surface area contributed by atoms with Gasteiger partial charge in [-0.3, -0.25) is 0 Å². The van der Waals surface area contributed by atoms with Crippen molar-refractivity contribution < 1.29 is 4.74 Å². The molecule has 90 valence electrons. The van der Waals surface area contributed by atoms with Gasteiger partial charge >= 0.3 is 0 Å². The Hall–Kier alpha value is 0.1000. The lowest BCUT2D eigenvalue weighted by atomic mass is 10.3. The molecule has 1 aromatic rings. The number of nitrogens with two attached hydrogens (primary N) is 1. The summed E-state index contributed by atoms with van der Waals surface area (Å²) in [7, 11) is 0. The minimum atomic E-state index is 0.484. The summed E-state index contributed by atoms with van der Waals surface area (Å²) < 4.78 is 6.51. The molecule has 0 radical (unpaired) electrons. The van der Waals surface area contributed by atoms with Gasteiger partial charge < -0.3 is 10.5 Å². The van der Waals surface area contributed by atoms with Gasteiger partial charge in [-0.2, -0.15) is 11.8 Å². The second-order valence-corrected chi connectivity index (χ2v) is 6.18. The molecule has 0 heterocycles. The first-order valence-corrected chi connectivity index (χ1v) is 7.25. The van der Waals surface area contributed by atoms with Crippen molar-refractivity contribution in [2.45, 2.75) is 12.2 Å². The minimum absolute atomic E-state index is 0.484. The first-order chi connectivity index (χ1) is 7.63. The smallest absolute Gasteiger partial charge is 0.133 e. The Morgan fingerprint density at radius 1 is 1.56 bits per heavy atom. The monoisotopic (exact) mass is 323 g/mol. The number of benzene rings is 1. The molecule has 0 aliphatic rings. The molecule has 2 N–H and O–H groups in total. The summed E-state index contributed by atoms with van der Waals surface area (Å²) in [5.41, 5.74) is 5.52. The van der Waals surface area contributed by atoms with Crippen LogP contribution in [0.3, 0.4) is 0 Å². The van der Waals surface area contributed by atoms with Crippen molar-refractivity contribution in [1.82, 2.24) is 0 Å². The number of hydrogen-bond donors (Lipinski definition) is 1. The van der Waals surface area contributed by atoms with Crippen LogP contribution in [-0.4, -0.2) is 24.2 Å². The van der Waals surface area contributed by atoms with E-state index in [0.29, 0.717) is 23.4 Å². The highest BCUT2D eigenvalue weighted by Gasteiger charge is 2.03. The van der Waals surface area contributed by atoms with E-state index in [4.69, 9.17) is 22.1 Å². The number of halogens is 2. The van der Waals surface area contributed by atoms with Crippen LogP contribution in [0.15, 0.2) is 22.7 Å². The maximum Gasteiger partial charge on any atom is 0.133 e. The molecule has 1 unspecified atom stereocenters. The Bertz CT molecular complexity index is 338. The van der Waals surface area contributed by atoms with Crippen LogP contribution in [0.2, 0.25) is 5.02 Å². The Kier molecular flexibility index (Phi) is 6.58. The van der Waals surface area contributed by atoms with E-state index in [0.717, 1.165) is 16.0 Å². The number of ether oxygens (including phenoxy) is 1. The maximum absolute atomic E-state index is 5.84. The molecule has 2 nitrogen and oxygen atoms in total. The van der Waals surface area contributed by atoms with Crippen molar-refractivity contribution >= 4 is 39.3 Å². The summed E-state index contributed by atoms with van der Waals surface area (Å²) >= 11 is 11.1. The van der Waals surface area contributed by atoms with Crippen LogP contribution >= 0.6 is 39.3 Å². The fourth-order valence-electron chi connectivity index (χ4n) is 1.06. The molecular formula is C11H15BrClNOS. The van der Waals surface area contributed by atoms with Crippen LogP contribution < -0.4 is 10.5 Å². The maximum atomic E-state index is 5.84. The molecular weight excluding hydrogens is 310 g/mol. The Balaban J connectivity index is 2.32. The van der Waals surface area contributed by atoms with E-state index in [1.807, 2.05) is 30.0 Å². The molecule has 0 spiro atoms. The third-order valence-corrected chi connectivity index (χ3v) is 3.99. The summed E-state index contributed by atoms with van der Waals surface area (Å²) in [6.45, 7) is 3.49. The van der Waals surface area contributed by atoms with E-state index in [9.17, 15) is 0 Å². The van der Waals surface area contributed by atoms with Crippen molar-refractivity contribution in [3.63, 3.8) is 0 Å². The SMILES string of the molecule is CC(CN)SCCOc1ccc(Cl)cc1Br. The van der Waals surface area contributed by atoms with Crippen molar-refractivity contribution in [2.75, 3.05) is 18.9 Å². The van der Waals surface area contributed by atoms with Gasteiger partial charge in [-0.15, -0.1) is 0 Å². The molecule has 16 heavy (non-hydrogen) atoms. The summed E-state index contributed by atoms with van der Waals surface area (Å²) in [6.07, 6.45) is 0.